The van der Waals surface area contributed by atoms with Crippen molar-refractivity contribution in [2.45, 2.75) is 57.8 Å². The molecule has 2 aliphatic rings. The Labute approximate surface area is 233 Å². The number of piperidine rings is 1. The summed E-state index contributed by atoms with van der Waals surface area (Å²) in [6.45, 7) is 8.45. The van der Waals surface area contributed by atoms with Gasteiger partial charge in [0.2, 0.25) is 5.95 Å². The van der Waals surface area contributed by atoms with Crippen LogP contribution in [0, 0.1) is 11.7 Å². The molecule has 2 fully saturated rings. The van der Waals surface area contributed by atoms with Crippen LogP contribution >= 0.6 is 0 Å². The molecule has 2 aromatic heterocycles. The Morgan fingerprint density at radius 1 is 1.23 bits per heavy atom. The molecule has 216 valence electrons. The van der Waals surface area contributed by atoms with Crippen molar-refractivity contribution < 1.29 is 22.3 Å². The van der Waals surface area contributed by atoms with Crippen molar-refractivity contribution in [3.05, 3.63) is 42.0 Å². The summed E-state index contributed by atoms with van der Waals surface area (Å²) in [6, 6.07) is 6.06. The summed E-state index contributed by atoms with van der Waals surface area (Å²) in [4.78, 5) is 16.7. The maximum atomic E-state index is 14.8. The maximum Gasteiger partial charge on any atom is 0.227 e. The van der Waals surface area contributed by atoms with Crippen LogP contribution in [0.25, 0.3) is 10.8 Å². The van der Waals surface area contributed by atoms with Gasteiger partial charge in [0, 0.05) is 48.6 Å². The smallest absolute Gasteiger partial charge is 0.227 e. The number of fused-ring (bicyclic) bond motifs is 1. The highest BCUT2D eigenvalue weighted by atomic mass is 32.2. The van der Waals surface area contributed by atoms with Gasteiger partial charge in [-0.3, -0.25) is 0 Å². The number of benzene rings is 1. The molecule has 40 heavy (non-hydrogen) atoms. The number of rotatable bonds is 7. The molecule has 12 heteroatoms. The van der Waals surface area contributed by atoms with E-state index < -0.39 is 27.4 Å². The molecule has 2 aliphatic heterocycles. The molecule has 2 saturated heterocycles. The Kier molecular flexibility index (Phi) is 7.37. The first kappa shape index (κ1) is 28.4. The lowest BCUT2D eigenvalue weighted by Crippen LogP contribution is -2.57. The lowest BCUT2D eigenvalue weighted by atomic mass is 9.88. The maximum absolute atomic E-state index is 14.8. The predicted octanol–water partition coefficient (Wildman–Crippen LogP) is 4.20. The first-order chi connectivity index (χ1) is 18.7. The van der Waals surface area contributed by atoms with Crippen molar-refractivity contribution >= 4 is 43.9 Å². The van der Waals surface area contributed by atoms with Gasteiger partial charge in [-0.1, -0.05) is 19.9 Å². The van der Waals surface area contributed by atoms with Crippen LogP contribution in [0.3, 0.4) is 0 Å². The second-order valence-corrected chi connectivity index (χ2v) is 13.9. The third kappa shape index (κ3) is 5.56. The molecule has 0 saturated carbocycles. The van der Waals surface area contributed by atoms with Gasteiger partial charge in [0.1, 0.15) is 15.7 Å². The van der Waals surface area contributed by atoms with Crippen molar-refractivity contribution in [3.63, 3.8) is 0 Å². The van der Waals surface area contributed by atoms with Crippen molar-refractivity contribution in [3.8, 4) is 0 Å². The monoisotopic (exact) mass is 574 g/mol. The number of aromatic nitrogens is 3. The fourth-order valence-electron chi connectivity index (χ4n) is 5.68. The molecule has 2 N–H and O–H groups in total. The van der Waals surface area contributed by atoms with E-state index in [-0.39, 0.29) is 48.4 Å². The molecule has 0 unspecified atom stereocenters. The highest BCUT2D eigenvalue weighted by molar-refractivity contribution is 7.90. The van der Waals surface area contributed by atoms with Crippen LogP contribution < -0.4 is 15.1 Å². The van der Waals surface area contributed by atoms with Gasteiger partial charge in [0.05, 0.1) is 24.6 Å². The summed E-state index contributed by atoms with van der Waals surface area (Å²) in [5.41, 5.74) is 0.253. The van der Waals surface area contributed by atoms with Gasteiger partial charge in [-0.15, -0.1) is 0 Å². The van der Waals surface area contributed by atoms with E-state index >= 15 is 0 Å². The first-order valence-corrected chi connectivity index (χ1v) is 15.6. The van der Waals surface area contributed by atoms with Gasteiger partial charge in [-0.25, -0.2) is 27.2 Å². The van der Waals surface area contributed by atoms with Gasteiger partial charge in [0.15, 0.2) is 17.3 Å². The normalized spacial score (nSPS) is 25.4. The van der Waals surface area contributed by atoms with Crippen LogP contribution in [0.2, 0.25) is 0 Å². The van der Waals surface area contributed by atoms with Crippen LogP contribution in [-0.2, 0) is 9.84 Å². The van der Waals surface area contributed by atoms with E-state index in [1.807, 2.05) is 13.0 Å². The molecule has 9 nitrogen and oxygen atoms in total. The van der Waals surface area contributed by atoms with E-state index in [1.54, 1.807) is 11.1 Å². The second kappa shape index (κ2) is 10.4. The Bertz CT molecular complexity index is 1530. The van der Waals surface area contributed by atoms with E-state index in [2.05, 4.69) is 51.1 Å². The lowest BCUT2D eigenvalue weighted by Gasteiger charge is -2.48. The summed E-state index contributed by atoms with van der Waals surface area (Å²) >= 11 is 0. The van der Waals surface area contributed by atoms with Gasteiger partial charge >= 0.3 is 0 Å². The number of anilines is 4. The number of alkyl halides is 1. The molecule has 4 heterocycles. The van der Waals surface area contributed by atoms with E-state index in [9.17, 15) is 22.3 Å². The number of aliphatic hydroxyl groups is 1. The van der Waals surface area contributed by atoms with Crippen LogP contribution in [-0.4, -0.2) is 77.9 Å². The Morgan fingerprint density at radius 2 is 1.98 bits per heavy atom. The van der Waals surface area contributed by atoms with Crippen LogP contribution in [0.15, 0.2) is 30.6 Å². The van der Waals surface area contributed by atoms with Crippen LogP contribution in [0.5, 0.6) is 0 Å². The molecule has 3 aromatic rings. The van der Waals surface area contributed by atoms with E-state index in [0.717, 1.165) is 28.2 Å². The van der Waals surface area contributed by atoms with Crippen molar-refractivity contribution in [1.29, 1.82) is 0 Å². The van der Waals surface area contributed by atoms with E-state index in [1.165, 1.54) is 13.2 Å². The number of halogens is 2. The van der Waals surface area contributed by atoms with Crippen molar-refractivity contribution in [1.82, 2.24) is 15.0 Å². The minimum atomic E-state index is -3.06. The molecular formula is C28H36F2N6O3S. The molecular weight excluding hydrogens is 538 g/mol. The van der Waals surface area contributed by atoms with E-state index in [0.29, 0.717) is 18.9 Å². The Balaban J connectivity index is 1.44. The number of hydrogen-bond donors (Lipinski definition) is 2. The molecule has 4 atom stereocenters. The largest absolute Gasteiger partial charge is 0.390 e. The van der Waals surface area contributed by atoms with Gasteiger partial charge in [-0.2, -0.15) is 4.98 Å². The third-order valence-corrected chi connectivity index (χ3v) is 9.13. The molecule has 0 bridgehead atoms. The molecule has 0 aliphatic carbocycles. The average Bonchev–Trinajstić information content (AvgIpc) is 2.87. The fraction of sp³-hybridized carbons (Fsp3) is 0.536. The zero-order valence-corrected chi connectivity index (χ0v) is 24.2. The topological polar surface area (TPSA) is 112 Å². The summed E-state index contributed by atoms with van der Waals surface area (Å²) in [7, 11) is -3.06. The quantitative estimate of drug-likeness (QED) is 0.429. The molecule has 5 rings (SSSR count). The predicted molar refractivity (Wildman–Crippen MR) is 153 cm³/mol. The molecule has 0 radical (unpaired) electrons. The van der Waals surface area contributed by atoms with E-state index in [4.69, 9.17) is 0 Å². The number of pyridine rings is 1. The summed E-state index contributed by atoms with van der Waals surface area (Å²) in [5, 5.41) is 14.8. The first-order valence-electron chi connectivity index (χ1n) is 13.5. The highest BCUT2D eigenvalue weighted by Gasteiger charge is 2.40. The molecule has 0 spiro atoms. The summed E-state index contributed by atoms with van der Waals surface area (Å²) in [6.07, 6.45) is 3.20. The Morgan fingerprint density at radius 3 is 2.62 bits per heavy atom. The zero-order valence-electron chi connectivity index (χ0n) is 23.4. The number of hydrogen-bond acceptors (Lipinski definition) is 9. The molecule has 1 aromatic carbocycles. The highest BCUT2D eigenvalue weighted by Crippen LogP contribution is 2.40. The van der Waals surface area contributed by atoms with Gasteiger partial charge < -0.3 is 20.2 Å². The lowest BCUT2D eigenvalue weighted by molar-refractivity contribution is -0.00860. The van der Waals surface area contributed by atoms with Gasteiger partial charge in [0.25, 0.3) is 0 Å². The molecule has 0 amide bonds. The number of sulfone groups is 1. The van der Waals surface area contributed by atoms with Gasteiger partial charge in [-0.05, 0) is 49.3 Å². The Hall–Kier alpha value is -3.12. The summed E-state index contributed by atoms with van der Waals surface area (Å²) in [5.74, 6) is 0.254. The minimum absolute atomic E-state index is 0.0660. The number of aliphatic hydroxyl groups excluding tert-OH is 1. The van der Waals surface area contributed by atoms with Crippen molar-refractivity contribution in [2.75, 3.05) is 46.8 Å². The standard InChI is InChI=1S/C28H36F2N6O3S/c1-16(2)19-6-7-23(36-13-18(17(36)3)14-40(5,38)39)21-11-31-25(10-20(19)21)33-26-22(29)12-32-27(34-26)35-9-8-24(37)28(4,30)15-35/h6-7,10-12,16-18,24,37H,8-9,13-15H2,1-5H3,(H,31,32,33,34)/t17-,18-,24-,28+/m1/s1. The average molecular weight is 575 g/mol. The second-order valence-electron chi connectivity index (χ2n) is 11.7. The summed E-state index contributed by atoms with van der Waals surface area (Å²) < 4.78 is 53.2. The van der Waals surface area contributed by atoms with Crippen LogP contribution in [0.1, 0.15) is 45.6 Å². The fourth-order valence-corrected chi connectivity index (χ4v) is 6.84. The zero-order chi connectivity index (χ0) is 29.0. The van der Waals surface area contributed by atoms with Crippen molar-refractivity contribution in [2.24, 2.45) is 5.92 Å². The third-order valence-electron chi connectivity index (χ3n) is 8.09. The SMILES string of the molecule is CC(C)c1ccc(N2C[C@H](CS(C)(=O)=O)[C@H]2C)c2cnc(Nc3nc(N4CC[C@@H](O)[C@@](C)(F)C4)ncc3F)cc12. The number of nitrogens with one attached hydrogen (secondary N) is 1. The van der Waals surface area contributed by atoms with Crippen LogP contribution in [0.4, 0.5) is 32.1 Å². The minimum Gasteiger partial charge on any atom is -0.390 e. The number of nitrogens with zero attached hydrogens (tertiary/aromatic N) is 5.